The van der Waals surface area contributed by atoms with Gasteiger partial charge in [-0.1, -0.05) is 6.07 Å². The van der Waals surface area contributed by atoms with Crippen LogP contribution in [0, 0.1) is 24.5 Å². The van der Waals surface area contributed by atoms with E-state index in [1.165, 1.54) is 28.8 Å². The van der Waals surface area contributed by atoms with Gasteiger partial charge in [-0.3, -0.25) is 9.27 Å². The molecule has 0 aliphatic heterocycles. The molecule has 0 bridgehead atoms. The molecule has 0 saturated heterocycles. The maximum atomic E-state index is 15.3. The zero-order valence-electron chi connectivity index (χ0n) is 22.1. The molecule has 8 nitrogen and oxygen atoms in total. The summed E-state index contributed by atoms with van der Waals surface area (Å²) in [5.41, 5.74) is 4.46. The highest BCUT2D eigenvalue weighted by atomic mass is 32.2. The van der Waals surface area contributed by atoms with E-state index in [4.69, 9.17) is 9.65 Å². The van der Waals surface area contributed by atoms with Gasteiger partial charge < -0.3 is 5.11 Å². The summed E-state index contributed by atoms with van der Waals surface area (Å²) >= 11 is 0.206. The van der Waals surface area contributed by atoms with Gasteiger partial charge in [0.1, 0.15) is 11.6 Å². The first-order valence-corrected chi connectivity index (χ1v) is 15.8. The lowest BCUT2D eigenvalue weighted by molar-refractivity contribution is 0.0691. The minimum Gasteiger partial charge on any atom is -0.476 e. The Hall–Kier alpha value is -3.78. The normalized spacial score (nSPS) is 13.8. The predicted molar refractivity (Wildman–Crippen MR) is 160 cm³/mol. The molecule has 1 aliphatic rings. The average molecular weight is 627 g/mol. The van der Waals surface area contributed by atoms with Gasteiger partial charge in [0.25, 0.3) is 11.3 Å². The van der Waals surface area contributed by atoms with E-state index in [0.29, 0.717) is 39.9 Å². The fraction of sp³-hybridized carbons (Fsp3) is 0.207. The van der Waals surface area contributed by atoms with Crippen molar-refractivity contribution in [2.45, 2.75) is 32.6 Å². The summed E-state index contributed by atoms with van der Waals surface area (Å²) in [6.45, 7) is 1.94. The molecular weight excluding hydrogens is 603 g/mol. The average Bonchev–Trinajstić information content (AvgIpc) is 3.29. The Labute approximate surface area is 250 Å². The van der Waals surface area contributed by atoms with Crippen LogP contribution in [0.4, 0.5) is 14.5 Å². The maximum absolute atomic E-state index is 15.3. The Kier molecular flexibility index (Phi) is 7.75. The number of aromatic carboxylic acids is 1. The lowest BCUT2D eigenvalue weighted by Crippen LogP contribution is -2.04. The molecule has 3 heterocycles. The molecule has 42 heavy (non-hydrogen) atoms. The number of anilines is 1. The van der Waals surface area contributed by atoms with E-state index >= 15 is 8.78 Å². The quantitative estimate of drug-likeness (QED) is 0.142. The Morgan fingerprint density at radius 3 is 2.57 bits per heavy atom. The van der Waals surface area contributed by atoms with Crippen molar-refractivity contribution >= 4 is 45.6 Å². The number of carboxylic acid groups (broad SMARTS) is 1. The number of benzene rings is 2. The third-order valence-electron chi connectivity index (χ3n) is 7.00. The second kappa shape index (κ2) is 11.5. The summed E-state index contributed by atoms with van der Waals surface area (Å²) < 4.78 is 54.6. The number of thiophene rings is 1. The maximum Gasteiger partial charge on any atom is 0.355 e. The van der Waals surface area contributed by atoms with E-state index in [9.17, 15) is 14.1 Å². The molecule has 3 N–H and O–H groups in total. The molecule has 6 rings (SSSR count). The first-order valence-electron chi connectivity index (χ1n) is 13.0. The van der Waals surface area contributed by atoms with Crippen molar-refractivity contribution in [1.82, 2.24) is 14.8 Å². The Morgan fingerprint density at radius 2 is 1.93 bits per heavy atom. The Balaban J connectivity index is 1.54. The zero-order chi connectivity index (χ0) is 29.5. The Morgan fingerprint density at radius 1 is 1.12 bits per heavy atom. The molecule has 2 aromatic carbocycles. The summed E-state index contributed by atoms with van der Waals surface area (Å²) in [6.07, 6.45) is 2.88. The number of hydrogen-bond donors (Lipinski definition) is 3. The van der Waals surface area contributed by atoms with Crippen molar-refractivity contribution in [1.29, 1.82) is 0 Å². The van der Waals surface area contributed by atoms with E-state index in [2.05, 4.69) is 9.71 Å². The second-order valence-corrected chi connectivity index (χ2v) is 12.6. The number of hydrogen-bond acceptors (Lipinski definition) is 6. The number of carbonyl (C=O) groups is 1. The van der Waals surface area contributed by atoms with Crippen molar-refractivity contribution in [3.63, 3.8) is 0 Å². The van der Waals surface area contributed by atoms with Crippen LogP contribution in [0.3, 0.4) is 0 Å². The monoisotopic (exact) mass is 626 g/mol. The van der Waals surface area contributed by atoms with Gasteiger partial charge in [-0.15, -0.1) is 22.7 Å². The molecule has 3 aromatic heterocycles. The SMILES string of the molecule is Cc1csc(-c2cc(-c3c(Cc4ccc(NS(=O)O)cc4F)c(CC4CC4)nn3-c3nc(C(=O)O)cs3)ccc2F)c1. The van der Waals surface area contributed by atoms with Gasteiger partial charge in [0.2, 0.25) is 5.13 Å². The number of nitrogens with zero attached hydrogens (tertiary/aromatic N) is 3. The summed E-state index contributed by atoms with van der Waals surface area (Å²) in [5.74, 6) is -1.69. The van der Waals surface area contributed by atoms with Crippen LogP contribution < -0.4 is 4.72 Å². The third kappa shape index (κ3) is 5.91. The highest BCUT2D eigenvalue weighted by Gasteiger charge is 2.29. The van der Waals surface area contributed by atoms with Crippen molar-refractivity contribution in [2.75, 3.05) is 4.72 Å². The fourth-order valence-corrected chi connectivity index (χ4v) is 6.82. The van der Waals surface area contributed by atoms with E-state index in [0.717, 1.165) is 51.9 Å². The summed E-state index contributed by atoms with van der Waals surface area (Å²) in [7, 11) is 0. The van der Waals surface area contributed by atoms with E-state index in [-0.39, 0.29) is 23.6 Å². The van der Waals surface area contributed by atoms with Crippen LogP contribution in [0.25, 0.3) is 26.8 Å². The molecule has 5 aromatic rings. The molecule has 1 saturated carbocycles. The van der Waals surface area contributed by atoms with Crippen LogP contribution >= 0.6 is 22.7 Å². The third-order valence-corrected chi connectivity index (χ3v) is 9.31. The molecule has 1 unspecified atom stereocenters. The zero-order valence-corrected chi connectivity index (χ0v) is 24.6. The van der Waals surface area contributed by atoms with Gasteiger partial charge >= 0.3 is 5.97 Å². The second-order valence-electron chi connectivity index (χ2n) is 10.2. The summed E-state index contributed by atoms with van der Waals surface area (Å²) in [6, 6.07) is 10.9. The number of aromatic nitrogens is 3. The Bertz CT molecular complexity index is 1840. The summed E-state index contributed by atoms with van der Waals surface area (Å²) in [5, 5.41) is 18.1. The topological polar surface area (TPSA) is 117 Å². The van der Waals surface area contributed by atoms with E-state index in [1.54, 1.807) is 22.9 Å². The molecule has 0 radical (unpaired) electrons. The molecule has 13 heteroatoms. The molecular formula is C29H24F2N4O4S3. The van der Waals surface area contributed by atoms with Crippen LogP contribution in [0.5, 0.6) is 0 Å². The fourth-order valence-electron chi connectivity index (χ4n) is 4.81. The molecule has 0 spiro atoms. The van der Waals surface area contributed by atoms with Gasteiger partial charge in [-0.25, -0.2) is 27.5 Å². The number of halogens is 2. The predicted octanol–water partition coefficient (Wildman–Crippen LogP) is 7.10. The number of carboxylic acids is 1. The van der Waals surface area contributed by atoms with Gasteiger partial charge in [0.15, 0.2) is 5.69 Å². The van der Waals surface area contributed by atoms with Crippen LogP contribution in [0.15, 0.2) is 53.2 Å². The number of aryl methyl sites for hydroxylation is 1. The molecule has 216 valence electrons. The van der Waals surface area contributed by atoms with Gasteiger partial charge in [-0.05, 0) is 85.0 Å². The standard InChI is InChI=1S/C29H24F2N4O4S3/c1-15-8-26(40-13-15)20-11-18(5-7-22(20)30)27-21(10-17-4-6-19(12-23(17)31)34-42(38)39)24(9-16-2-3-16)33-35(27)29-32-25(14-41-29)28(36)37/h4-8,11-14,16,34H,2-3,9-10H2,1H3,(H,36,37)(H,38,39). The largest absolute Gasteiger partial charge is 0.476 e. The summed E-state index contributed by atoms with van der Waals surface area (Å²) in [4.78, 5) is 16.7. The number of thiazole rings is 1. The number of rotatable bonds is 10. The molecule has 1 fully saturated rings. The van der Waals surface area contributed by atoms with Gasteiger partial charge in [-0.2, -0.15) is 5.10 Å². The molecule has 0 amide bonds. The highest BCUT2D eigenvalue weighted by molar-refractivity contribution is 7.80. The first-order chi connectivity index (χ1) is 20.2. The van der Waals surface area contributed by atoms with Crippen molar-refractivity contribution < 1.29 is 27.4 Å². The van der Waals surface area contributed by atoms with E-state index in [1.807, 2.05) is 18.4 Å². The lowest BCUT2D eigenvalue weighted by Gasteiger charge is -2.12. The van der Waals surface area contributed by atoms with Gasteiger partial charge in [0.05, 0.1) is 17.1 Å². The smallest absolute Gasteiger partial charge is 0.355 e. The molecule has 1 atom stereocenters. The van der Waals surface area contributed by atoms with Crippen molar-refractivity contribution in [3.05, 3.63) is 92.9 Å². The van der Waals surface area contributed by atoms with Gasteiger partial charge in [0, 0.05) is 33.4 Å². The van der Waals surface area contributed by atoms with Crippen LogP contribution in [-0.2, 0) is 24.1 Å². The first kappa shape index (κ1) is 28.3. The highest BCUT2D eigenvalue weighted by Crippen LogP contribution is 2.40. The number of nitrogens with one attached hydrogen (secondary N) is 1. The van der Waals surface area contributed by atoms with Crippen LogP contribution in [-0.4, -0.2) is 34.6 Å². The lowest BCUT2D eigenvalue weighted by atomic mass is 9.95. The van der Waals surface area contributed by atoms with Crippen molar-refractivity contribution in [2.24, 2.45) is 5.92 Å². The molecule has 1 aliphatic carbocycles. The van der Waals surface area contributed by atoms with Crippen LogP contribution in [0.2, 0.25) is 0 Å². The van der Waals surface area contributed by atoms with Crippen molar-refractivity contribution in [3.8, 4) is 26.8 Å². The van der Waals surface area contributed by atoms with E-state index < -0.39 is 23.1 Å². The minimum absolute atomic E-state index is 0.119. The minimum atomic E-state index is -2.35. The van der Waals surface area contributed by atoms with Crippen LogP contribution in [0.1, 0.15) is 45.7 Å².